The van der Waals surface area contributed by atoms with Gasteiger partial charge in [0.25, 0.3) is 0 Å². The number of halogens is 1. The Morgan fingerprint density at radius 2 is 1.66 bits per heavy atom. The van der Waals surface area contributed by atoms with E-state index in [4.69, 9.17) is 11.6 Å². The third-order valence-electron chi connectivity index (χ3n) is 6.51. The molecule has 1 amide bonds. The summed E-state index contributed by atoms with van der Waals surface area (Å²) in [5.74, 6) is -0.104. The Bertz CT molecular complexity index is 824. The van der Waals surface area contributed by atoms with Crippen molar-refractivity contribution < 1.29 is 13.2 Å². The Labute approximate surface area is 178 Å². The second-order valence-electron chi connectivity index (χ2n) is 8.49. The van der Waals surface area contributed by atoms with Gasteiger partial charge in [-0.2, -0.15) is 4.31 Å². The summed E-state index contributed by atoms with van der Waals surface area (Å²) in [5, 5.41) is 0.508. The van der Waals surface area contributed by atoms with Gasteiger partial charge >= 0.3 is 0 Å². The molecule has 3 saturated heterocycles. The van der Waals surface area contributed by atoms with Crippen molar-refractivity contribution in [2.75, 3.05) is 39.3 Å². The maximum Gasteiger partial charge on any atom is 0.243 e. The lowest BCUT2D eigenvalue weighted by molar-refractivity contribution is -0.137. The summed E-state index contributed by atoms with van der Waals surface area (Å²) in [6.45, 7) is 4.77. The van der Waals surface area contributed by atoms with Crippen molar-refractivity contribution in [3.05, 3.63) is 29.3 Å². The lowest BCUT2D eigenvalue weighted by Crippen LogP contribution is -2.49. The third kappa shape index (κ3) is 4.63. The lowest BCUT2D eigenvalue weighted by Gasteiger charge is -2.36. The fourth-order valence-corrected chi connectivity index (χ4v) is 6.58. The van der Waals surface area contributed by atoms with Gasteiger partial charge in [0.05, 0.1) is 10.8 Å². The largest absolute Gasteiger partial charge is 0.338 e. The van der Waals surface area contributed by atoms with Crippen molar-refractivity contribution in [2.24, 2.45) is 5.92 Å². The van der Waals surface area contributed by atoms with E-state index in [-0.39, 0.29) is 29.3 Å². The van der Waals surface area contributed by atoms with Gasteiger partial charge in [0, 0.05) is 37.2 Å². The molecule has 0 bridgehead atoms. The standard InChI is InChI=1S/C21H30ClN3O3S/c22-18-7-9-20(10-8-18)29(27,28)24-13-3-5-17(15-24)21(26)25-14-4-6-19(25)16-23-11-1-2-12-23/h7-10,17,19H,1-6,11-16H2. The SMILES string of the molecule is O=C(C1CCCN(S(=O)(=O)c2ccc(Cl)cc2)C1)N1CCCC1CN1CCCC1. The van der Waals surface area contributed by atoms with Crippen LogP contribution < -0.4 is 0 Å². The Kier molecular flexibility index (Phi) is 6.49. The second-order valence-corrected chi connectivity index (χ2v) is 10.9. The van der Waals surface area contributed by atoms with E-state index < -0.39 is 10.0 Å². The normalized spacial score (nSPS) is 26.9. The minimum atomic E-state index is -3.61. The van der Waals surface area contributed by atoms with Crippen LogP contribution in [-0.4, -0.2) is 73.7 Å². The molecule has 0 spiro atoms. The van der Waals surface area contributed by atoms with E-state index in [1.54, 1.807) is 12.1 Å². The lowest BCUT2D eigenvalue weighted by atomic mass is 9.97. The van der Waals surface area contributed by atoms with Crippen molar-refractivity contribution in [2.45, 2.75) is 49.5 Å². The van der Waals surface area contributed by atoms with Gasteiger partial charge in [-0.05, 0) is 75.9 Å². The van der Waals surface area contributed by atoms with Gasteiger partial charge in [-0.1, -0.05) is 11.6 Å². The zero-order chi connectivity index (χ0) is 20.4. The van der Waals surface area contributed by atoms with E-state index >= 15 is 0 Å². The molecule has 0 radical (unpaired) electrons. The van der Waals surface area contributed by atoms with Crippen LogP contribution in [-0.2, 0) is 14.8 Å². The van der Waals surface area contributed by atoms with E-state index in [0.717, 1.165) is 45.4 Å². The first-order chi connectivity index (χ1) is 13.9. The highest BCUT2D eigenvalue weighted by Crippen LogP contribution is 2.29. The average Bonchev–Trinajstić information content (AvgIpc) is 3.40. The molecule has 0 saturated carbocycles. The van der Waals surface area contributed by atoms with Crippen molar-refractivity contribution in [1.29, 1.82) is 0 Å². The maximum absolute atomic E-state index is 13.3. The minimum absolute atomic E-state index is 0.141. The average molecular weight is 440 g/mol. The monoisotopic (exact) mass is 439 g/mol. The highest BCUT2D eigenvalue weighted by Gasteiger charge is 2.38. The number of benzene rings is 1. The van der Waals surface area contributed by atoms with E-state index in [1.807, 2.05) is 4.90 Å². The van der Waals surface area contributed by atoms with Crippen molar-refractivity contribution in [3.8, 4) is 0 Å². The number of likely N-dealkylation sites (tertiary alicyclic amines) is 2. The van der Waals surface area contributed by atoms with E-state index in [9.17, 15) is 13.2 Å². The van der Waals surface area contributed by atoms with Gasteiger partial charge < -0.3 is 9.80 Å². The third-order valence-corrected chi connectivity index (χ3v) is 8.64. The van der Waals surface area contributed by atoms with Crippen LogP contribution in [0.25, 0.3) is 0 Å². The highest BCUT2D eigenvalue weighted by atomic mass is 35.5. The van der Waals surface area contributed by atoms with Crippen molar-refractivity contribution >= 4 is 27.5 Å². The Hall–Kier alpha value is -1.15. The molecule has 2 unspecified atom stereocenters. The molecule has 3 aliphatic heterocycles. The van der Waals surface area contributed by atoms with E-state index in [1.165, 1.54) is 29.3 Å². The minimum Gasteiger partial charge on any atom is -0.338 e. The number of amides is 1. The number of hydrogen-bond acceptors (Lipinski definition) is 4. The first kappa shape index (κ1) is 21.1. The van der Waals surface area contributed by atoms with Gasteiger partial charge in [-0.15, -0.1) is 0 Å². The maximum atomic E-state index is 13.3. The van der Waals surface area contributed by atoms with Crippen LogP contribution in [0.2, 0.25) is 5.02 Å². The summed E-state index contributed by atoms with van der Waals surface area (Å²) in [7, 11) is -3.61. The Morgan fingerprint density at radius 3 is 2.38 bits per heavy atom. The number of hydrogen-bond donors (Lipinski definition) is 0. The summed E-state index contributed by atoms with van der Waals surface area (Å²) in [5.41, 5.74) is 0. The van der Waals surface area contributed by atoms with Crippen LogP contribution in [0.5, 0.6) is 0 Å². The quantitative estimate of drug-likeness (QED) is 0.707. The zero-order valence-electron chi connectivity index (χ0n) is 16.8. The molecular formula is C21H30ClN3O3S. The number of sulfonamides is 1. The second kappa shape index (κ2) is 8.92. The smallest absolute Gasteiger partial charge is 0.243 e. The molecule has 3 fully saturated rings. The molecule has 1 aromatic rings. The summed E-state index contributed by atoms with van der Waals surface area (Å²) in [4.78, 5) is 18.1. The predicted molar refractivity (Wildman–Crippen MR) is 113 cm³/mol. The van der Waals surface area contributed by atoms with Crippen molar-refractivity contribution in [3.63, 3.8) is 0 Å². The fraction of sp³-hybridized carbons (Fsp3) is 0.667. The van der Waals surface area contributed by atoms with Crippen LogP contribution in [0.4, 0.5) is 0 Å². The van der Waals surface area contributed by atoms with E-state index in [2.05, 4.69) is 4.90 Å². The first-order valence-electron chi connectivity index (χ1n) is 10.7. The van der Waals surface area contributed by atoms with Crippen LogP contribution in [0.1, 0.15) is 38.5 Å². The molecule has 3 aliphatic rings. The molecule has 8 heteroatoms. The van der Waals surface area contributed by atoms with Gasteiger partial charge in [-0.3, -0.25) is 4.79 Å². The first-order valence-corrected chi connectivity index (χ1v) is 12.6. The summed E-state index contributed by atoms with van der Waals surface area (Å²) in [6, 6.07) is 6.54. The predicted octanol–water partition coefficient (Wildman–Crippen LogP) is 2.83. The highest BCUT2D eigenvalue weighted by molar-refractivity contribution is 7.89. The van der Waals surface area contributed by atoms with Gasteiger partial charge in [-0.25, -0.2) is 8.42 Å². The number of carbonyl (C=O) groups excluding carboxylic acids is 1. The topological polar surface area (TPSA) is 60.9 Å². The number of nitrogens with zero attached hydrogens (tertiary/aromatic N) is 3. The van der Waals surface area contributed by atoms with Gasteiger partial charge in [0.2, 0.25) is 15.9 Å². The number of piperidine rings is 1. The Morgan fingerprint density at radius 1 is 0.966 bits per heavy atom. The summed E-state index contributed by atoms with van der Waals surface area (Å²) < 4.78 is 27.5. The van der Waals surface area contributed by atoms with Crippen molar-refractivity contribution in [1.82, 2.24) is 14.1 Å². The molecule has 0 aromatic heterocycles. The number of rotatable bonds is 5. The zero-order valence-corrected chi connectivity index (χ0v) is 18.4. The molecule has 0 aliphatic carbocycles. The van der Waals surface area contributed by atoms with E-state index in [0.29, 0.717) is 18.0 Å². The van der Waals surface area contributed by atoms with Crippen LogP contribution in [0.3, 0.4) is 0 Å². The van der Waals surface area contributed by atoms with Crippen LogP contribution in [0, 0.1) is 5.92 Å². The van der Waals surface area contributed by atoms with Gasteiger partial charge in [0.15, 0.2) is 0 Å². The number of carbonyl (C=O) groups is 1. The molecule has 2 atom stereocenters. The molecule has 1 aromatic carbocycles. The summed E-state index contributed by atoms with van der Waals surface area (Å²) >= 11 is 5.90. The van der Waals surface area contributed by atoms with Crippen LogP contribution in [0.15, 0.2) is 29.2 Å². The fourth-order valence-electron chi connectivity index (χ4n) is 4.93. The molecule has 3 heterocycles. The summed E-state index contributed by atoms with van der Waals surface area (Å²) in [6.07, 6.45) is 6.08. The molecule has 160 valence electrons. The molecule has 0 N–H and O–H groups in total. The van der Waals surface area contributed by atoms with Crippen LogP contribution >= 0.6 is 11.6 Å². The Balaban J connectivity index is 1.43. The molecule has 29 heavy (non-hydrogen) atoms. The molecule has 4 rings (SSSR count). The van der Waals surface area contributed by atoms with Gasteiger partial charge in [0.1, 0.15) is 0 Å². The molecule has 6 nitrogen and oxygen atoms in total. The molecular weight excluding hydrogens is 410 g/mol.